The van der Waals surface area contributed by atoms with E-state index in [1.54, 1.807) is 36.7 Å². The van der Waals surface area contributed by atoms with Crippen molar-refractivity contribution in [2.75, 3.05) is 5.73 Å². The number of pyridine rings is 1. The van der Waals surface area contributed by atoms with Gasteiger partial charge in [-0.05, 0) is 24.3 Å². The molecule has 0 saturated heterocycles. The van der Waals surface area contributed by atoms with Crippen molar-refractivity contribution in [3.8, 4) is 22.8 Å². The lowest BCUT2D eigenvalue weighted by molar-refractivity contribution is 1.13. The normalized spacial score (nSPS) is 10.3. The zero-order valence-electron chi connectivity index (χ0n) is 9.93. The molecule has 3 aromatic rings. The first-order valence-electron chi connectivity index (χ1n) is 5.63. The number of aromatic nitrogens is 5. The summed E-state index contributed by atoms with van der Waals surface area (Å²) in [5, 5.41) is 0. The van der Waals surface area contributed by atoms with E-state index in [1.807, 2.05) is 0 Å². The van der Waals surface area contributed by atoms with E-state index in [-0.39, 0.29) is 0 Å². The summed E-state index contributed by atoms with van der Waals surface area (Å²) in [6.45, 7) is 0. The molecule has 0 aliphatic heterocycles. The predicted octanol–water partition coefficient (Wildman–Crippen LogP) is 1.58. The SMILES string of the molecule is Nc1cc(-c2ccncn2)nc(-c2ccncn2)c1. The zero-order valence-corrected chi connectivity index (χ0v) is 9.93. The lowest BCUT2D eigenvalue weighted by Crippen LogP contribution is -1.96. The van der Waals surface area contributed by atoms with Crippen LogP contribution in [0, 0.1) is 0 Å². The summed E-state index contributed by atoms with van der Waals surface area (Å²) in [7, 11) is 0. The molecule has 3 heterocycles. The van der Waals surface area contributed by atoms with Gasteiger partial charge in [-0.1, -0.05) is 0 Å². The minimum atomic E-state index is 0.609. The van der Waals surface area contributed by atoms with E-state index in [0.717, 1.165) is 11.4 Å². The number of hydrogen-bond acceptors (Lipinski definition) is 6. The molecule has 0 aliphatic rings. The van der Waals surface area contributed by atoms with Gasteiger partial charge < -0.3 is 5.73 Å². The number of rotatable bonds is 2. The average Bonchev–Trinajstić information content (AvgIpc) is 2.48. The molecule has 0 bridgehead atoms. The second-order valence-electron chi connectivity index (χ2n) is 3.86. The van der Waals surface area contributed by atoms with E-state index < -0.39 is 0 Å². The van der Waals surface area contributed by atoms with Crippen molar-refractivity contribution in [3.05, 3.63) is 49.3 Å². The molecule has 92 valence electrons. The molecule has 0 unspecified atom stereocenters. The Balaban J connectivity index is 2.12. The van der Waals surface area contributed by atoms with Gasteiger partial charge in [-0.2, -0.15) is 0 Å². The first-order chi connectivity index (χ1) is 9.33. The molecule has 0 aliphatic carbocycles. The molecule has 3 aromatic heterocycles. The Hall–Kier alpha value is -2.89. The first-order valence-corrected chi connectivity index (χ1v) is 5.63. The Morgan fingerprint density at radius 2 is 1.26 bits per heavy atom. The van der Waals surface area contributed by atoms with Gasteiger partial charge in [-0.3, -0.25) is 0 Å². The molecule has 3 rings (SSSR count). The third kappa shape index (κ3) is 2.37. The smallest absolute Gasteiger partial charge is 0.116 e. The van der Waals surface area contributed by atoms with Crippen molar-refractivity contribution in [1.29, 1.82) is 0 Å². The van der Waals surface area contributed by atoms with Gasteiger partial charge >= 0.3 is 0 Å². The Labute approximate surface area is 109 Å². The van der Waals surface area contributed by atoms with Crippen LogP contribution in [0.1, 0.15) is 0 Å². The number of nitrogens with zero attached hydrogens (tertiary/aromatic N) is 5. The number of anilines is 1. The molecule has 0 fully saturated rings. The van der Waals surface area contributed by atoms with E-state index in [4.69, 9.17) is 5.73 Å². The van der Waals surface area contributed by atoms with Gasteiger partial charge in [0.05, 0.1) is 22.8 Å². The molecule has 0 atom stereocenters. The van der Waals surface area contributed by atoms with Crippen molar-refractivity contribution in [2.45, 2.75) is 0 Å². The molecule has 0 saturated carbocycles. The van der Waals surface area contributed by atoms with Crippen molar-refractivity contribution in [3.63, 3.8) is 0 Å². The summed E-state index contributed by atoms with van der Waals surface area (Å²) in [5.74, 6) is 0. The molecule has 19 heavy (non-hydrogen) atoms. The molecule has 0 aromatic carbocycles. The van der Waals surface area contributed by atoms with Crippen LogP contribution in [-0.4, -0.2) is 24.9 Å². The molecule has 0 amide bonds. The summed E-state index contributed by atoms with van der Waals surface area (Å²) < 4.78 is 0. The zero-order chi connectivity index (χ0) is 13.1. The van der Waals surface area contributed by atoms with Crippen LogP contribution in [-0.2, 0) is 0 Å². The summed E-state index contributed by atoms with van der Waals surface area (Å²) in [6, 6.07) is 7.11. The quantitative estimate of drug-likeness (QED) is 0.742. The topological polar surface area (TPSA) is 90.5 Å². The molecule has 6 heteroatoms. The van der Waals surface area contributed by atoms with Crippen LogP contribution in [0.25, 0.3) is 22.8 Å². The largest absolute Gasteiger partial charge is 0.399 e. The Morgan fingerprint density at radius 3 is 1.68 bits per heavy atom. The minimum Gasteiger partial charge on any atom is -0.399 e. The predicted molar refractivity (Wildman–Crippen MR) is 70.7 cm³/mol. The van der Waals surface area contributed by atoms with Gasteiger partial charge in [0.25, 0.3) is 0 Å². The van der Waals surface area contributed by atoms with E-state index in [2.05, 4.69) is 24.9 Å². The summed E-state index contributed by atoms with van der Waals surface area (Å²) in [5.41, 5.74) is 9.34. The van der Waals surface area contributed by atoms with Gasteiger partial charge in [0.1, 0.15) is 12.7 Å². The van der Waals surface area contributed by atoms with Gasteiger partial charge in [-0.25, -0.2) is 24.9 Å². The van der Waals surface area contributed by atoms with Crippen molar-refractivity contribution < 1.29 is 0 Å². The maximum atomic E-state index is 5.91. The molecule has 0 radical (unpaired) electrons. The van der Waals surface area contributed by atoms with E-state index in [0.29, 0.717) is 17.1 Å². The summed E-state index contributed by atoms with van der Waals surface area (Å²) in [6.07, 6.45) is 6.28. The fourth-order valence-corrected chi connectivity index (χ4v) is 1.70. The second kappa shape index (κ2) is 4.77. The van der Waals surface area contributed by atoms with E-state index >= 15 is 0 Å². The number of nitrogens with two attached hydrogens (primary N) is 1. The third-order valence-corrected chi connectivity index (χ3v) is 2.54. The lowest BCUT2D eigenvalue weighted by atomic mass is 10.2. The Bertz CT molecular complexity index is 626. The first kappa shape index (κ1) is 11.2. The molecular weight excluding hydrogens is 240 g/mol. The lowest BCUT2D eigenvalue weighted by Gasteiger charge is -2.05. The maximum Gasteiger partial charge on any atom is 0.116 e. The maximum absolute atomic E-state index is 5.91. The average molecular weight is 250 g/mol. The monoisotopic (exact) mass is 250 g/mol. The second-order valence-corrected chi connectivity index (χ2v) is 3.86. The highest BCUT2D eigenvalue weighted by molar-refractivity contribution is 5.67. The summed E-state index contributed by atoms with van der Waals surface area (Å²) in [4.78, 5) is 20.6. The highest BCUT2D eigenvalue weighted by Gasteiger charge is 2.07. The van der Waals surface area contributed by atoms with Crippen molar-refractivity contribution in [2.24, 2.45) is 0 Å². The number of hydrogen-bond donors (Lipinski definition) is 1. The third-order valence-electron chi connectivity index (χ3n) is 2.54. The molecule has 2 N–H and O–H groups in total. The van der Waals surface area contributed by atoms with Crippen molar-refractivity contribution >= 4 is 5.69 Å². The van der Waals surface area contributed by atoms with E-state index in [9.17, 15) is 0 Å². The standard InChI is InChI=1S/C13H10N6/c14-9-5-12(10-1-3-15-7-17-10)19-13(6-9)11-2-4-16-8-18-11/h1-8H,(H2,14,19). The van der Waals surface area contributed by atoms with Gasteiger partial charge in [0.2, 0.25) is 0 Å². The highest BCUT2D eigenvalue weighted by Crippen LogP contribution is 2.22. The van der Waals surface area contributed by atoms with Crippen LogP contribution >= 0.6 is 0 Å². The van der Waals surface area contributed by atoms with Crippen LogP contribution in [0.4, 0.5) is 5.69 Å². The van der Waals surface area contributed by atoms with Gasteiger partial charge in [-0.15, -0.1) is 0 Å². The Kier molecular flexibility index (Phi) is 2.82. The number of nitrogen functional groups attached to an aromatic ring is 1. The van der Waals surface area contributed by atoms with Crippen molar-refractivity contribution in [1.82, 2.24) is 24.9 Å². The summed E-state index contributed by atoms with van der Waals surface area (Å²) >= 11 is 0. The van der Waals surface area contributed by atoms with Crippen LogP contribution in [0.5, 0.6) is 0 Å². The molecular formula is C13H10N6. The van der Waals surface area contributed by atoms with E-state index in [1.165, 1.54) is 12.7 Å². The van der Waals surface area contributed by atoms with Gasteiger partial charge in [0.15, 0.2) is 0 Å². The fraction of sp³-hybridized carbons (Fsp3) is 0. The molecule has 6 nitrogen and oxygen atoms in total. The van der Waals surface area contributed by atoms with Crippen LogP contribution < -0.4 is 5.73 Å². The van der Waals surface area contributed by atoms with Gasteiger partial charge in [0, 0.05) is 18.1 Å². The fourth-order valence-electron chi connectivity index (χ4n) is 1.70. The Morgan fingerprint density at radius 1 is 0.737 bits per heavy atom. The van der Waals surface area contributed by atoms with Crippen LogP contribution in [0.2, 0.25) is 0 Å². The highest BCUT2D eigenvalue weighted by atomic mass is 14.9. The molecule has 0 spiro atoms. The van der Waals surface area contributed by atoms with Crippen LogP contribution in [0.15, 0.2) is 49.3 Å². The van der Waals surface area contributed by atoms with Crippen LogP contribution in [0.3, 0.4) is 0 Å². The minimum absolute atomic E-state index is 0.609.